The Bertz CT molecular complexity index is 1170. The van der Waals surface area contributed by atoms with E-state index in [9.17, 15) is 14.9 Å². The monoisotopic (exact) mass is 434 g/mol. The minimum Gasteiger partial charge on any atom is -0.314 e. The van der Waals surface area contributed by atoms with Crippen molar-refractivity contribution in [2.24, 2.45) is 5.10 Å². The molecule has 3 aromatic rings. The lowest BCUT2D eigenvalue weighted by Gasteiger charge is -2.28. The van der Waals surface area contributed by atoms with E-state index in [-0.39, 0.29) is 18.1 Å². The largest absolute Gasteiger partial charge is 0.314 e. The van der Waals surface area contributed by atoms with E-state index in [1.165, 1.54) is 12.3 Å². The van der Waals surface area contributed by atoms with Gasteiger partial charge in [-0.2, -0.15) is 5.10 Å². The standard InChI is InChI=1S/C23H19ClN4O3/c1-26-21-12-11-18(24)13-19(21)23(16-7-3-2-4-8-16)27(15-22(26)29)25-14-17-9-5-6-10-20(17)28(30)31/h2-14,23H,15H2,1H3/b25-14+. The molecule has 1 heterocycles. The third kappa shape index (κ3) is 4.13. The summed E-state index contributed by atoms with van der Waals surface area (Å²) < 4.78 is 0. The summed E-state index contributed by atoms with van der Waals surface area (Å²) in [4.78, 5) is 25.4. The van der Waals surface area contributed by atoms with E-state index >= 15 is 0 Å². The van der Waals surface area contributed by atoms with Crippen molar-refractivity contribution in [2.45, 2.75) is 6.04 Å². The van der Waals surface area contributed by atoms with E-state index in [1.807, 2.05) is 42.5 Å². The lowest BCUT2D eigenvalue weighted by Crippen LogP contribution is -2.34. The number of likely N-dealkylation sites (N-methyl/N-ethyl adjacent to an activating group) is 1. The van der Waals surface area contributed by atoms with Crippen LogP contribution in [0.15, 0.2) is 77.9 Å². The Hall–Kier alpha value is -3.71. The number of hydrogen-bond acceptors (Lipinski definition) is 5. The molecule has 1 aliphatic heterocycles. The normalized spacial score (nSPS) is 16.3. The predicted octanol–water partition coefficient (Wildman–Crippen LogP) is 4.65. The van der Waals surface area contributed by atoms with Gasteiger partial charge < -0.3 is 4.90 Å². The van der Waals surface area contributed by atoms with Crippen molar-refractivity contribution in [3.8, 4) is 0 Å². The summed E-state index contributed by atoms with van der Waals surface area (Å²) in [7, 11) is 1.71. The average Bonchev–Trinajstić information content (AvgIpc) is 2.87. The van der Waals surface area contributed by atoms with Crippen LogP contribution in [0.2, 0.25) is 5.02 Å². The Morgan fingerprint density at radius 3 is 2.55 bits per heavy atom. The maximum absolute atomic E-state index is 12.9. The van der Waals surface area contributed by atoms with Gasteiger partial charge in [0.25, 0.3) is 5.69 Å². The summed E-state index contributed by atoms with van der Waals surface area (Å²) in [6, 6.07) is 21.0. The van der Waals surface area contributed by atoms with Crippen LogP contribution in [0.1, 0.15) is 22.7 Å². The molecule has 0 spiro atoms. The van der Waals surface area contributed by atoms with E-state index in [0.717, 1.165) is 16.8 Å². The highest BCUT2D eigenvalue weighted by Gasteiger charge is 2.32. The first kappa shape index (κ1) is 20.6. The first-order valence-electron chi connectivity index (χ1n) is 9.60. The van der Waals surface area contributed by atoms with Crippen molar-refractivity contribution in [3.05, 3.63) is 105 Å². The number of halogens is 1. The molecular formula is C23H19ClN4O3. The Morgan fingerprint density at radius 1 is 1.10 bits per heavy atom. The maximum atomic E-state index is 12.9. The molecule has 0 saturated carbocycles. The molecule has 7 nitrogen and oxygen atoms in total. The Labute approximate surface area is 184 Å². The number of nitro groups is 1. The molecule has 0 fully saturated rings. The van der Waals surface area contributed by atoms with E-state index < -0.39 is 11.0 Å². The second-order valence-corrected chi connectivity index (χ2v) is 7.56. The second kappa shape index (κ2) is 8.57. The van der Waals surface area contributed by atoms with Gasteiger partial charge in [0.1, 0.15) is 6.54 Å². The molecule has 1 atom stereocenters. The van der Waals surface area contributed by atoms with Crippen LogP contribution in [-0.4, -0.2) is 35.6 Å². The molecule has 1 aliphatic rings. The number of nitro benzene ring substituents is 1. The Kier molecular flexibility index (Phi) is 5.68. The average molecular weight is 435 g/mol. The van der Waals surface area contributed by atoms with E-state index in [4.69, 9.17) is 11.6 Å². The highest BCUT2D eigenvalue weighted by atomic mass is 35.5. The summed E-state index contributed by atoms with van der Waals surface area (Å²) in [5.41, 5.74) is 2.80. The molecule has 0 N–H and O–H groups in total. The van der Waals surface area contributed by atoms with Crippen molar-refractivity contribution in [2.75, 3.05) is 18.5 Å². The molecule has 1 amide bonds. The fraction of sp³-hybridized carbons (Fsp3) is 0.130. The molecule has 0 aromatic heterocycles. The third-order valence-electron chi connectivity index (χ3n) is 5.21. The minimum absolute atomic E-state index is 0.000505. The number of carbonyl (C=O) groups excluding carboxylic acids is 1. The topological polar surface area (TPSA) is 79.0 Å². The molecule has 0 bridgehead atoms. The van der Waals surface area contributed by atoms with Crippen LogP contribution in [0.5, 0.6) is 0 Å². The number of benzene rings is 3. The number of hydrazone groups is 1. The summed E-state index contributed by atoms with van der Waals surface area (Å²) in [5, 5.41) is 18.1. The van der Waals surface area contributed by atoms with Crippen molar-refractivity contribution in [1.82, 2.24) is 5.01 Å². The van der Waals surface area contributed by atoms with Crippen molar-refractivity contribution in [3.63, 3.8) is 0 Å². The number of fused-ring (bicyclic) bond motifs is 1. The molecule has 156 valence electrons. The van der Waals surface area contributed by atoms with Gasteiger partial charge in [-0.25, -0.2) is 0 Å². The van der Waals surface area contributed by atoms with Gasteiger partial charge >= 0.3 is 0 Å². The van der Waals surface area contributed by atoms with Crippen LogP contribution in [0.3, 0.4) is 0 Å². The SMILES string of the molecule is CN1C(=O)CN(/N=C/c2ccccc2[N+](=O)[O-])C(c2ccccc2)c2cc(Cl)ccc21. The van der Waals surface area contributed by atoms with E-state index in [0.29, 0.717) is 10.6 Å². The molecular weight excluding hydrogens is 416 g/mol. The van der Waals surface area contributed by atoms with Gasteiger partial charge in [0.05, 0.1) is 22.7 Å². The maximum Gasteiger partial charge on any atom is 0.278 e. The van der Waals surface area contributed by atoms with Gasteiger partial charge in [0, 0.05) is 29.4 Å². The number of hydrogen-bond donors (Lipinski definition) is 0. The van der Waals surface area contributed by atoms with Crippen molar-refractivity contribution < 1.29 is 9.72 Å². The summed E-state index contributed by atoms with van der Waals surface area (Å²) in [6.45, 7) is -0.000505. The summed E-state index contributed by atoms with van der Waals surface area (Å²) >= 11 is 6.31. The fourth-order valence-electron chi connectivity index (χ4n) is 3.67. The van der Waals surface area contributed by atoms with Gasteiger partial charge in [-0.05, 0) is 29.8 Å². The lowest BCUT2D eigenvalue weighted by molar-refractivity contribution is -0.385. The first-order chi connectivity index (χ1) is 15.0. The van der Waals surface area contributed by atoms with Crippen LogP contribution < -0.4 is 4.90 Å². The van der Waals surface area contributed by atoms with Crippen molar-refractivity contribution >= 4 is 35.1 Å². The van der Waals surface area contributed by atoms with Crippen LogP contribution >= 0.6 is 11.6 Å². The number of rotatable bonds is 4. The molecule has 3 aromatic carbocycles. The molecule has 1 unspecified atom stereocenters. The van der Waals surface area contributed by atoms with Crippen LogP contribution in [0.4, 0.5) is 11.4 Å². The smallest absolute Gasteiger partial charge is 0.278 e. The molecule has 8 heteroatoms. The van der Waals surface area contributed by atoms with Crippen LogP contribution in [0, 0.1) is 10.1 Å². The number of amides is 1. The van der Waals surface area contributed by atoms with E-state index in [1.54, 1.807) is 41.2 Å². The van der Waals surface area contributed by atoms with E-state index in [2.05, 4.69) is 5.10 Å². The zero-order valence-corrected chi connectivity index (χ0v) is 17.4. The number of para-hydroxylation sites is 1. The first-order valence-corrected chi connectivity index (χ1v) is 9.98. The lowest BCUT2D eigenvalue weighted by atomic mass is 9.97. The number of carbonyl (C=O) groups is 1. The fourth-order valence-corrected chi connectivity index (χ4v) is 3.85. The third-order valence-corrected chi connectivity index (χ3v) is 5.44. The molecule has 0 saturated heterocycles. The van der Waals surface area contributed by atoms with Gasteiger partial charge in [0.2, 0.25) is 5.91 Å². The summed E-state index contributed by atoms with van der Waals surface area (Å²) in [5.74, 6) is -0.151. The Balaban J connectivity index is 1.86. The van der Waals surface area contributed by atoms with Crippen molar-refractivity contribution in [1.29, 1.82) is 0 Å². The quantitative estimate of drug-likeness (QED) is 0.340. The number of anilines is 1. The highest BCUT2D eigenvalue weighted by Crippen LogP contribution is 2.39. The van der Waals surface area contributed by atoms with Gasteiger partial charge in [-0.1, -0.05) is 54.1 Å². The highest BCUT2D eigenvalue weighted by molar-refractivity contribution is 6.30. The predicted molar refractivity (Wildman–Crippen MR) is 121 cm³/mol. The molecule has 31 heavy (non-hydrogen) atoms. The molecule has 0 aliphatic carbocycles. The molecule has 0 radical (unpaired) electrons. The zero-order chi connectivity index (χ0) is 22.0. The second-order valence-electron chi connectivity index (χ2n) is 7.13. The Morgan fingerprint density at radius 2 is 1.81 bits per heavy atom. The number of nitrogens with zero attached hydrogens (tertiary/aromatic N) is 4. The van der Waals surface area contributed by atoms with Gasteiger partial charge in [-0.3, -0.25) is 19.9 Å². The summed E-state index contributed by atoms with van der Waals surface area (Å²) in [6.07, 6.45) is 1.43. The van der Waals surface area contributed by atoms with Gasteiger partial charge in [0.15, 0.2) is 0 Å². The van der Waals surface area contributed by atoms with Crippen LogP contribution in [-0.2, 0) is 4.79 Å². The molecule has 4 rings (SSSR count). The van der Waals surface area contributed by atoms with Crippen LogP contribution in [0.25, 0.3) is 0 Å². The minimum atomic E-state index is -0.452. The van der Waals surface area contributed by atoms with Gasteiger partial charge in [-0.15, -0.1) is 0 Å². The zero-order valence-electron chi connectivity index (χ0n) is 16.7.